The number of piperidine rings is 1. The average Bonchev–Trinajstić information content (AvgIpc) is 2.99. The molecule has 0 aromatic heterocycles. The molecule has 0 amide bonds. The van der Waals surface area contributed by atoms with Gasteiger partial charge in [-0.25, -0.2) is 5.11 Å². The van der Waals surface area contributed by atoms with Crippen molar-refractivity contribution < 1.29 is 13.5 Å². The molecule has 7 nitrogen and oxygen atoms in total. The summed E-state index contributed by atoms with van der Waals surface area (Å²) in [6.45, 7) is 1.73. The predicted molar refractivity (Wildman–Crippen MR) is 162 cm³/mol. The molecule has 38 heavy (non-hydrogen) atoms. The summed E-state index contributed by atoms with van der Waals surface area (Å²) >= 11 is 6.44. The predicted octanol–water partition coefficient (Wildman–Crippen LogP) is 9.80. The normalized spacial score (nSPS) is 29.2. The van der Waals surface area contributed by atoms with Crippen molar-refractivity contribution in [3.63, 3.8) is 0 Å². The van der Waals surface area contributed by atoms with Gasteiger partial charge in [-0.3, -0.25) is 5.11 Å². The second-order valence-corrected chi connectivity index (χ2v) is 22.0. The van der Waals surface area contributed by atoms with E-state index in [1.165, 1.54) is 96.3 Å². The Morgan fingerprint density at radius 2 is 1.45 bits per heavy atom. The molecule has 1 saturated heterocycles. The molecule has 3 atom stereocenters. The van der Waals surface area contributed by atoms with Crippen molar-refractivity contribution in [2.45, 2.75) is 139 Å². The summed E-state index contributed by atoms with van der Waals surface area (Å²) in [5, 5.41) is 30.5. The van der Waals surface area contributed by atoms with E-state index in [1.54, 1.807) is 0 Å². The first kappa shape index (κ1) is 32.5. The monoisotopic (exact) mass is 831 g/mol. The van der Waals surface area contributed by atoms with Crippen LogP contribution in [0.1, 0.15) is 109 Å². The third-order valence-corrected chi connectivity index (χ3v) is 7.98. The Morgan fingerprint density at radius 3 is 2.13 bits per heavy atom. The van der Waals surface area contributed by atoms with E-state index in [1.807, 2.05) is 18.2 Å². The molecule has 4 fully saturated rings. The first-order valence-corrected chi connectivity index (χ1v) is 26.0. The van der Waals surface area contributed by atoms with Crippen molar-refractivity contribution in [3.05, 3.63) is 34.7 Å². The Bertz CT molecular complexity index is 711. The third-order valence-electron chi connectivity index (χ3n) is 7.98. The topological polar surface area (TPSA) is 89.7 Å². The Kier molecular flexibility index (Phi) is 17.8. The number of nitrogens with zero attached hydrogens (tertiary/aromatic N) is 6. The second-order valence-electron chi connectivity index (χ2n) is 10.9. The molecule has 2 aliphatic heterocycles. The SMILES string of the molecule is C1=CC[N-]C(N=NC2CCCCC2NC2CCCCC2)=C1.C1CCC(N=NC2CCCC[N-]2)CC1.[Br][Os][Br]. The molecule has 5 rings (SSSR count). The van der Waals surface area contributed by atoms with Gasteiger partial charge in [-0.05, 0) is 63.5 Å². The number of rotatable bonds is 6. The number of hydrogen-bond acceptors (Lipinski definition) is 5. The maximum atomic E-state index is 4.62. The van der Waals surface area contributed by atoms with Crippen LogP contribution in [0.4, 0.5) is 0 Å². The average molecular weight is 832 g/mol. The molecule has 2 heterocycles. The molecule has 0 aromatic rings. The molecule has 0 bridgehead atoms. The van der Waals surface area contributed by atoms with Crippen LogP contribution in [0.25, 0.3) is 10.6 Å². The Labute approximate surface area is 252 Å². The molecule has 5 aliphatic rings. The molecule has 0 aromatic carbocycles. The molecule has 0 radical (unpaired) electrons. The van der Waals surface area contributed by atoms with Gasteiger partial charge in [-0.15, -0.1) is 6.54 Å². The number of allylic oxidation sites excluding steroid dienone is 2. The number of nitrogens with one attached hydrogen (secondary N) is 1. The van der Waals surface area contributed by atoms with E-state index >= 15 is 0 Å². The molecule has 0 spiro atoms. The van der Waals surface area contributed by atoms with Gasteiger partial charge in [0.2, 0.25) is 0 Å². The van der Waals surface area contributed by atoms with Crippen molar-refractivity contribution in [1.82, 2.24) is 5.32 Å². The van der Waals surface area contributed by atoms with Crippen molar-refractivity contribution in [1.29, 1.82) is 0 Å². The van der Waals surface area contributed by atoms with Gasteiger partial charge in [-0.2, -0.15) is 5.11 Å². The van der Waals surface area contributed by atoms with E-state index in [9.17, 15) is 0 Å². The van der Waals surface area contributed by atoms with E-state index in [-0.39, 0.29) is 19.6 Å². The Balaban J connectivity index is 0.000000204. The van der Waals surface area contributed by atoms with Gasteiger partial charge in [0.05, 0.1) is 12.1 Å². The van der Waals surface area contributed by atoms with Gasteiger partial charge in [-0.1, -0.05) is 82.4 Å². The summed E-state index contributed by atoms with van der Waals surface area (Å²) in [6, 6.07) is 2.08. The molecule has 3 unspecified atom stereocenters. The van der Waals surface area contributed by atoms with Crippen LogP contribution < -0.4 is 5.32 Å². The van der Waals surface area contributed by atoms with E-state index in [4.69, 9.17) is 0 Å². The standard InChI is InChI=1S/C17H27N4.C11H20N3.2BrH.Os/c1-2-8-14(9-3-1)19-15-10-4-5-11-16(15)20-21-17-12-6-7-13-18-17;1-2-6-10(7-3-1)13-14-11-8-4-5-9-12-11;;;/h6-7,12,14-16,19H,1-5,8-11,13H2;10-11H,1-9H2;2*1H;/q2*-1;;;+2/p-2. The fourth-order valence-electron chi connectivity index (χ4n) is 5.86. The number of hydrogen-bond donors (Lipinski definition) is 1. The van der Waals surface area contributed by atoms with Crippen LogP contribution >= 0.6 is 27.1 Å². The number of halogens is 2. The summed E-state index contributed by atoms with van der Waals surface area (Å²) in [5.41, 5.74) is 0. The Morgan fingerprint density at radius 1 is 0.763 bits per heavy atom. The van der Waals surface area contributed by atoms with Gasteiger partial charge in [0.25, 0.3) is 0 Å². The molecule has 3 saturated carbocycles. The zero-order valence-corrected chi connectivity index (χ0v) is 28.6. The Hall–Kier alpha value is -0.00364. The summed E-state index contributed by atoms with van der Waals surface area (Å²) in [5.74, 6) is 0.777. The van der Waals surface area contributed by atoms with Gasteiger partial charge >= 0.3 is 40.6 Å². The van der Waals surface area contributed by atoms with Crippen LogP contribution in [-0.4, -0.2) is 43.4 Å². The summed E-state index contributed by atoms with van der Waals surface area (Å²) in [6.07, 6.45) is 28.3. The molecule has 10 heteroatoms. The van der Waals surface area contributed by atoms with Crippen LogP contribution in [0.15, 0.2) is 44.5 Å². The van der Waals surface area contributed by atoms with Crippen molar-refractivity contribution >= 4 is 27.1 Å². The first-order chi connectivity index (χ1) is 18.8. The zero-order valence-electron chi connectivity index (χ0n) is 22.8. The van der Waals surface area contributed by atoms with Gasteiger partial charge in [0.1, 0.15) is 0 Å². The van der Waals surface area contributed by atoms with Crippen LogP contribution in [-0.2, 0) is 13.5 Å². The van der Waals surface area contributed by atoms with Crippen LogP contribution in [0.5, 0.6) is 0 Å². The van der Waals surface area contributed by atoms with Gasteiger partial charge in [0, 0.05) is 12.1 Å². The minimum absolute atomic E-state index is 0.0417. The fourth-order valence-corrected chi connectivity index (χ4v) is 5.86. The van der Waals surface area contributed by atoms with Crippen LogP contribution in [0, 0.1) is 0 Å². The second kappa shape index (κ2) is 20.8. The van der Waals surface area contributed by atoms with Crippen molar-refractivity contribution in [3.8, 4) is 0 Å². The van der Waals surface area contributed by atoms with Gasteiger partial charge in [0.15, 0.2) is 0 Å². The quantitative estimate of drug-likeness (QED) is 0.266. The van der Waals surface area contributed by atoms with Crippen molar-refractivity contribution in [2.24, 2.45) is 20.5 Å². The van der Waals surface area contributed by atoms with Crippen LogP contribution in [0.3, 0.4) is 0 Å². The van der Waals surface area contributed by atoms with Crippen LogP contribution in [0.2, 0.25) is 0 Å². The minimum atomic E-state index is 0.0417. The molecule has 1 N–H and O–H groups in total. The van der Waals surface area contributed by atoms with E-state index in [0.29, 0.717) is 24.2 Å². The van der Waals surface area contributed by atoms with E-state index < -0.39 is 0 Å². The summed E-state index contributed by atoms with van der Waals surface area (Å²) < 4.78 is 0. The molecular formula is C28H47Br2N7Os-2. The molecular weight excluding hydrogens is 784 g/mol. The summed E-state index contributed by atoms with van der Waals surface area (Å²) in [4.78, 5) is 0. The first-order valence-electron chi connectivity index (χ1n) is 14.9. The van der Waals surface area contributed by atoms with Gasteiger partial charge < -0.3 is 21.1 Å². The fraction of sp³-hybridized carbons (Fsp3) is 0.857. The summed E-state index contributed by atoms with van der Waals surface area (Å²) in [7, 11) is 0. The molecule has 3 aliphatic carbocycles. The third kappa shape index (κ3) is 13.6. The number of azo groups is 2. The molecule has 218 valence electrons. The van der Waals surface area contributed by atoms with E-state index in [2.05, 4.69) is 63.5 Å². The maximum absolute atomic E-state index is 4.62. The van der Waals surface area contributed by atoms with E-state index in [0.717, 1.165) is 31.8 Å². The zero-order chi connectivity index (χ0) is 26.7. The van der Waals surface area contributed by atoms with Crippen molar-refractivity contribution in [2.75, 3.05) is 13.1 Å².